The predicted molar refractivity (Wildman–Crippen MR) is 115 cm³/mol. The number of nitrogens with one attached hydrogen (secondary N) is 1. The molecule has 3 aromatic rings. The van der Waals surface area contributed by atoms with E-state index < -0.39 is 10.0 Å². The first-order valence-electron chi connectivity index (χ1n) is 9.60. The summed E-state index contributed by atoms with van der Waals surface area (Å²) in [5.41, 5.74) is 1.31. The van der Waals surface area contributed by atoms with Crippen molar-refractivity contribution in [3.8, 4) is 11.5 Å². The number of hydrogen-bond acceptors (Lipinski definition) is 6. The summed E-state index contributed by atoms with van der Waals surface area (Å²) in [4.78, 5) is 18.6. The SMILES string of the molecule is CN(Cc1cccnc1)C(=O)c1ccccc1NS(=O)(=O)c1ccc2c(c1)OCCO2. The van der Waals surface area contributed by atoms with E-state index in [0.29, 0.717) is 31.3 Å². The van der Waals surface area contributed by atoms with Crippen molar-refractivity contribution in [2.45, 2.75) is 11.4 Å². The maximum atomic E-state index is 13.0. The van der Waals surface area contributed by atoms with Gasteiger partial charge in [0.15, 0.2) is 11.5 Å². The summed E-state index contributed by atoms with van der Waals surface area (Å²) in [7, 11) is -2.30. The Morgan fingerprint density at radius 2 is 1.84 bits per heavy atom. The largest absolute Gasteiger partial charge is 0.486 e. The fraction of sp³-hybridized carbons (Fsp3) is 0.182. The topological polar surface area (TPSA) is 97.8 Å². The molecular weight excluding hydrogens is 418 g/mol. The Bertz CT molecular complexity index is 1200. The van der Waals surface area contributed by atoms with Crippen LogP contribution in [-0.4, -0.2) is 44.5 Å². The third kappa shape index (κ3) is 4.61. The second kappa shape index (κ2) is 8.65. The van der Waals surface area contributed by atoms with Gasteiger partial charge in [0, 0.05) is 32.1 Å². The van der Waals surface area contributed by atoms with Crippen LogP contribution >= 0.6 is 0 Å². The maximum Gasteiger partial charge on any atom is 0.262 e. The molecule has 160 valence electrons. The number of fused-ring (bicyclic) bond motifs is 1. The van der Waals surface area contributed by atoms with Gasteiger partial charge < -0.3 is 14.4 Å². The third-order valence-corrected chi connectivity index (χ3v) is 6.08. The molecule has 0 atom stereocenters. The van der Waals surface area contributed by atoms with Crippen molar-refractivity contribution in [3.63, 3.8) is 0 Å². The zero-order valence-electron chi connectivity index (χ0n) is 16.8. The Kier molecular flexibility index (Phi) is 5.77. The van der Waals surface area contributed by atoms with Crippen LogP contribution in [0.3, 0.4) is 0 Å². The van der Waals surface area contributed by atoms with E-state index >= 15 is 0 Å². The number of anilines is 1. The normalized spacial score (nSPS) is 12.8. The van der Waals surface area contributed by atoms with Crippen LogP contribution in [0.5, 0.6) is 11.5 Å². The van der Waals surface area contributed by atoms with Crippen LogP contribution < -0.4 is 14.2 Å². The molecule has 1 aliphatic heterocycles. The molecule has 2 heterocycles. The monoisotopic (exact) mass is 439 g/mol. The number of aromatic nitrogens is 1. The number of amides is 1. The van der Waals surface area contributed by atoms with Crippen LogP contribution in [0.25, 0.3) is 0 Å². The third-order valence-electron chi connectivity index (χ3n) is 4.71. The van der Waals surface area contributed by atoms with E-state index in [1.165, 1.54) is 17.0 Å². The summed E-state index contributed by atoms with van der Waals surface area (Å²) >= 11 is 0. The number of para-hydroxylation sites is 1. The lowest BCUT2D eigenvalue weighted by Gasteiger charge is -2.20. The first kappa shape index (κ1) is 20.7. The summed E-state index contributed by atoms with van der Waals surface area (Å²) in [6.45, 7) is 1.11. The Balaban J connectivity index is 1.57. The Morgan fingerprint density at radius 1 is 1.06 bits per heavy atom. The highest BCUT2D eigenvalue weighted by molar-refractivity contribution is 7.92. The standard InChI is InChI=1S/C22H21N3O5S/c1-25(15-16-5-4-10-23-14-16)22(26)18-6-2-3-7-19(18)24-31(27,28)17-8-9-20-21(13-17)30-12-11-29-20/h2-10,13-14,24H,11-12,15H2,1H3. The van der Waals surface area contributed by atoms with Gasteiger partial charge in [-0.05, 0) is 35.9 Å². The summed E-state index contributed by atoms with van der Waals surface area (Å²) in [6, 6.07) is 14.6. The fourth-order valence-electron chi connectivity index (χ4n) is 3.20. The first-order chi connectivity index (χ1) is 14.9. The fourth-order valence-corrected chi connectivity index (χ4v) is 4.29. The smallest absolute Gasteiger partial charge is 0.262 e. The average molecular weight is 439 g/mol. The van der Waals surface area contributed by atoms with Gasteiger partial charge in [-0.1, -0.05) is 18.2 Å². The molecule has 4 rings (SSSR count). The van der Waals surface area contributed by atoms with Crippen LogP contribution in [0.1, 0.15) is 15.9 Å². The van der Waals surface area contributed by atoms with Crippen LogP contribution in [-0.2, 0) is 16.6 Å². The van der Waals surface area contributed by atoms with Crippen LogP contribution in [0, 0.1) is 0 Å². The molecule has 1 N–H and O–H groups in total. The zero-order valence-corrected chi connectivity index (χ0v) is 17.6. The quantitative estimate of drug-likeness (QED) is 0.634. The van der Waals surface area contributed by atoms with Crippen molar-refractivity contribution in [2.75, 3.05) is 25.0 Å². The summed E-state index contributed by atoms with van der Waals surface area (Å²) in [5, 5.41) is 0. The van der Waals surface area contributed by atoms with Crippen molar-refractivity contribution < 1.29 is 22.7 Å². The molecule has 0 unspecified atom stereocenters. The van der Waals surface area contributed by atoms with Crippen molar-refractivity contribution in [2.24, 2.45) is 0 Å². The molecule has 1 aliphatic rings. The lowest BCUT2D eigenvalue weighted by atomic mass is 10.1. The average Bonchev–Trinajstić information content (AvgIpc) is 2.79. The van der Waals surface area contributed by atoms with E-state index in [0.717, 1.165) is 5.56 Å². The van der Waals surface area contributed by atoms with Gasteiger partial charge in [-0.15, -0.1) is 0 Å². The maximum absolute atomic E-state index is 13.0. The van der Waals surface area contributed by atoms with E-state index in [2.05, 4.69) is 9.71 Å². The predicted octanol–water partition coefficient (Wildman–Crippen LogP) is 2.93. The lowest BCUT2D eigenvalue weighted by Crippen LogP contribution is -2.27. The van der Waals surface area contributed by atoms with E-state index in [4.69, 9.17) is 9.47 Å². The number of hydrogen-bond donors (Lipinski definition) is 1. The molecule has 1 amide bonds. The van der Waals surface area contributed by atoms with Gasteiger partial charge in [-0.2, -0.15) is 0 Å². The number of benzene rings is 2. The molecule has 2 aromatic carbocycles. The molecule has 0 bridgehead atoms. The van der Waals surface area contributed by atoms with E-state index in [-0.39, 0.29) is 22.1 Å². The highest BCUT2D eigenvalue weighted by atomic mass is 32.2. The van der Waals surface area contributed by atoms with Crippen molar-refractivity contribution in [1.29, 1.82) is 0 Å². The Morgan fingerprint density at radius 3 is 2.61 bits per heavy atom. The van der Waals surface area contributed by atoms with Gasteiger partial charge in [0.05, 0.1) is 16.1 Å². The van der Waals surface area contributed by atoms with Crippen molar-refractivity contribution >= 4 is 21.6 Å². The Labute approximate surface area is 180 Å². The minimum Gasteiger partial charge on any atom is -0.486 e. The van der Waals surface area contributed by atoms with Crippen LogP contribution in [0.15, 0.2) is 71.9 Å². The van der Waals surface area contributed by atoms with Gasteiger partial charge >= 0.3 is 0 Å². The highest BCUT2D eigenvalue weighted by Crippen LogP contribution is 2.33. The van der Waals surface area contributed by atoms with Gasteiger partial charge in [0.2, 0.25) is 0 Å². The zero-order chi connectivity index (χ0) is 21.8. The van der Waals surface area contributed by atoms with Crippen molar-refractivity contribution in [3.05, 3.63) is 78.1 Å². The van der Waals surface area contributed by atoms with Gasteiger partial charge in [0.25, 0.3) is 15.9 Å². The van der Waals surface area contributed by atoms with Crippen LogP contribution in [0.2, 0.25) is 0 Å². The van der Waals surface area contributed by atoms with Gasteiger partial charge in [0.1, 0.15) is 13.2 Å². The number of pyridine rings is 1. The first-order valence-corrected chi connectivity index (χ1v) is 11.1. The molecule has 9 heteroatoms. The minimum absolute atomic E-state index is 0.0164. The molecule has 31 heavy (non-hydrogen) atoms. The number of nitrogens with zero attached hydrogens (tertiary/aromatic N) is 2. The number of sulfonamides is 1. The highest BCUT2D eigenvalue weighted by Gasteiger charge is 2.23. The molecule has 0 saturated carbocycles. The van der Waals surface area contributed by atoms with Gasteiger partial charge in [-0.3, -0.25) is 14.5 Å². The molecule has 0 spiro atoms. The number of carbonyl (C=O) groups excluding carboxylic acids is 1. The molecule has 0 radical (unpaired) electrons. The molecule has 8 nitrogen and oxygen atoms in total. The number of carbonyl (C=O) groups is 1. The lowest BCUT2D eigenvalue weighted by molar-refractivity contribution is 0.0786. The summed E-state index contributed by atoms with van der Waals surface area (Å²) in [5.74, 6) is 0.553. The minimum atomic E-state index is -3.95. The molecule has 0 aliphatic carbocycles. The molecule has 0 saturated heterocycles. The van der Waals surface area contributed by atoms with Gasteiger partial charge in [-0.25, -0.2) is 8.42 Å². The summed E-state index contributed by atoms with van der Waals surface area (Å²) in [6.07, 6.45) is 3.34. The van der Waals surface area contributed by atoms with E-state index in [9.17, 15) is 13.2 Å². The molecule has 1 aromatic heterocycles. The van der Waals surface area contributed by atoms with E-state index in [1.54, 1.807) is 55.8 Å². The number of ether oxygens (including phenoxy) is 2. The molecule has 0 fully saturated rings. The second-order valence-electron chi connectivity index (χ2n) is 6.98. The second-order valence-corrected chi connectivity index (χ2v) is 8.66. The van der Waals surface area contributed by atoms with Crippen molar-refractivity contribution in [1.82, 2.24) is 9.88 Å². The Hall–Kier alpha value is -3.59. The van der Waals surface area contributed by atoms with E-state index in [1.807, 2.05) is 6.07 Å². The summed E-state index contributed by atoms with van der Waals surface area (Å²) < 4.78 is 39.4. The molecular formula is C22H21N3O5S. The number of rotatable bonds is 6. The van der Waals surface area contributed by atoms with Crippen LogP contribution in [0.4, 0.5) is 5.69 Å².